The molecule has 202 valence electrons. The molecule has 7 nitrogen and oxygen atoms in total. The minimum Gasteiger partial charge on any atom is -0.352 e. The van der Waals surface area contributed by atoms with E-state index in [-0.39, 0.29) is 35.7 Å². The number of fused-ring (bicyclic) bond motifs is 1. The lowest BCUT2D eigenvalue weighted by Crippen LogP contribution is -2.38. The molecule has 0 radical (unpaired) electrons. The van der Waals surface area contributed by atoms with E-state index in [1.807, 2.05) is 29.0 Å². The van der Waals surface area contributed by atoms with Gasteiger partial charge in [-0.1, -0.05) is 56.0 Å². The Kier molecular flexibility index (Phi) is 8.23. The highest BCUT2D eigenvalue weighted by Gasteiger charge is 2.36. The molecule has 2 aromatic carbocycles. The van der Waals surface area contributed by atoms with Crippen LogP contribution in [0.4, 0.5) is 4.79 Å². The van der Waals surface area contributed by atoms with Gasteiger partial charge in [-0.2, -0.15) is 0 Å². The van der Waals surface area contributed by atoms with E-state index in [0.29, 0.717) is 10.6 Å². The Morgan fingerprint density at radius 1 is 1.05 bits per heavy atom. The molecular weight excluding hydrogens is 534 g/mol. The Hall–Kier alpha value is -3.36. The molecule has 0 atom stereocenters. The second kappa shape index (κ2) is 11.8. The number of nitrogens with one attached hydrogen (secondary N) is 1. The molecule has 2 aliphatic rings. The number of ketones is 1. The first-order valence-electron chi connectivity index (χ1n) is 13.3. The Morgan fingerprint density at radius 2 is 1.79 bits per heavy atom. The molecule has 0 unspecified atom stereocenters. The summed E-state index contributed by atoms with van der Waals surface area (Å²) in [6.45, 7) is 1.90. The molecule has 1 aliphatic heterocycles. The number of carbonyl (C=O) groups excluding carboxylic acids is 4. The number of aryl methyl sites for hydroxylation is 1. The molecule has 5 rings (SSSR count). The molecular formula is C30H30ClN3O4S. The van der Waals surface area contributed by atoms with Crippen LogP contribution in [0, 0.1) is 0 Å². The molecule has 1 saturated heterocycles. The van der Waals surface area contributed by atoms with E-state index >= 15 is 0 Å². The number of amides is 3. The van der Waals surface area contributed by atoms with Crippen molar-refractivity contribution < 1.29 is 19.2 Å². The molecule has 2 fully saturated rings. The molecule has 1 N–H and O–H groups in total. The fourth-order valence-corrected chi connectivity index (χ4v) is 6.27. The Bertz CT molecular complexity index is 1470. The van der Waals surface area contributed by atoms with Crippen LogP contribution in [0.1, 0.15) is 60.5 Å². The van der Waals surface area contributed by atoms with Gasteiger partial charge in [0.05, 0.1) is 17.0 Å². The van der Waals surface area contributed by atoms with Gasteiger partial charge in [0.2, 0.25) is 5.91 Å². The number of rotatable bonds is 8. The van der Waals surface area contributed by atoms with Crippen LogP contribution < -0.4 is 5.32 Å². The predicted octanol–water partition coefficient (Wildman–Crippen LogP) is 6.23. The first-order valence-corrected chi connectivity index (χ1v) is 14.5. The maximum Gasteiger partial charge on any atom is 0.293 e. The van der Waals surface area contributed by atoms with E-state index in [1.165, 1.54) is 6.42 Å². The van der Waals surface area contributed by atoms with Gasteiger partial charge >= 0.3 is 0 Å². The van der Waals surface area contributed by atoms with Gasteiger partial charge < -0.3 is 9.88 Å². The lowest BCUT2D eigenvalue weighted by molar-refractivity contribution is -0.123. The minimum absolute atomic E-state index is 0.0303. The van der Waals surface area contributed by atoms with Crippen molar-refractivity contribution in [2.24, 2.45) is 0 Å². The summed E-state index contributed by atoms with van der Waals surface area (Å²) in [7, 11) is 0. The zero-order chi connectivity index (χ0) is 27.5. The first kappa shape index (κ1) is 27.2. The molecule has 3 amide bonds. The Balaban J connectivity index is 1.39. The molecule has 3 aromatic rings. The number of imide groups is 1. The summed E-state index contributed by atoms with van der Waals surface area (Å²) in [6, 6.07) is 12.5. The largest absolute Gasteiger partial charge is 0.352 e. The van der Waals surface area contributed by atoms with E-state index < -0.39 is 11.1 Å². The number of nitrogens with zero attached hydrogens (tertiary/aromatic N) is 2. The quantitative estimate of drug-likeness (QED) is 0.259. The van der Waals surface area contributed by atoms with Crippen molar-refractivity contribution in [2.45, 2.75) is 58.0 Å². The Morgan fingerprint density at radius 3 is 2.51 bits per heavy atom. The fourth-order valence-electron chi connectivity index (χ4n) is 5.31. The molecule has 9 heteroatoms. The van der Waals surface area contributed by atoms with E-state index in [4.69, 9.17) is 11.6 Å². The molecule has 1 aliphatic carbocycles. The smallest absolute Gasteiger partial charge is 0.293 e. The Labute approximate surface area is 236 Å². The topological polar surface area (TPSA) is 88.5 Å². The summed E-state index contributed by atoms with van der Waals surface area (Å²) in [4.78, 5) is 52.8. The summed E-state index contributed by atoms with van der Waals surface area (Å²) >= 11 is 6.72. The maximum atomic E-state index is 13.2. The normalized spacial score (nSPS) is 17.4. The average Bonchev–Trinajstić information content (AvgIpc) is 3.41. The number of para-hydroxylation sites is 1. The predicted molar refractivity (Wildman–Crippen MR) is 155 cm³/mol. The highest BCUT2D eigenvalue weighted by Crippen LogP contribution is 2.35. The molecule has 2 heterocycles. The van der Waals surface area contributed by atoms with Crippen LogP contribution in [0.3, 0.4) is 0 Å². The number of hydrogen-bond donors (Lipinski definition) is 1. The first-order chi connectivity index (χ1) is 18.8. The van der Waals surface area contributed by atoms with Crippen molar-refractivity contribution >= 4 is 63.2 Å². The van der Waals surface area contributed by atoms with Crippen molar-refractivity contribution in [1.29, 1.82) is 0 Å². The highest BCUT2D eigenvalue weighted by atomic mass is 35.5. The van der Waals surface area contributed by atoms with E-state index in [0.717, 1.165) is 70.8 Å². The van der Waals surface area contributed by atoms with Crippen molar-refractivity contribution in [2.75, 3.05) is 6.54 Å². The molecule has 0 spiro atoms. The highest BCUT2D eigenvalue weighted by molar-refractivity contribution is 8.18. The monoisotopic (exact) mass is 563 g/mol. The van der Waals surface area contributed by atoms with Crippen LogP contribution in [0.15, 0.2) is 53.6 Å². The number of benzene rings is 2. The van der Waals surface area contributed by atoms with Crippen molar-refractivity contribution in [3.8, 4) is 0 Å². The molecule has 0 bridgehead atoms. The second-order valence-electron chi connectivity index (χ2n) is 9.98. The van der Waals surface area contributed by atoms with Gasteiger partial charge in [0.25, 0.3) is 11.1 Å². The number of thioether (sulfide) groups is 1. The SMILES string of the molecule is CCc1cccc2c(/C=C3\SC(=O)N(CC(=O)c4ccc(Cl)cc4)C3=O)cn(CC(=O)NC3CCCCC3)c12. The third kappa shape index (κ3) is 5.97. The van der Waals surface area contributed by atoms with Gasteiger partial charge in [0, 0.05) is 33.8 Å². The number of Topliss-reactive ketones (excluding diaryl/α,β-unsaturated/α-hetero) is 1. The average molecular weight is 564 g/mol. The lowest BCUT2D eigenvalue weighted by Gasteiger charge is -2.23. The second-order valence-corrected chi connectivity index (χ2v) is 11.4. The summed E-state index contributed by atoms with van der Waals surface area (Å²) in [5.74, 6) is -0.879. The standard InChI is InChI=1S/C30H30ClN3O4S/c1-2-19-7-6-10-24-21(16-33(28(19)24)18-27(36)32-23-8-4-3-5-9-23)15-26-29(37)34(30(38)39-26)17-25(35)20-11-13-22(31)14-12-20/h6-7,10-16,23H,2-5,8-9,17-18H2,1H3,(H,32,36)/b26-15-. The van der Waals surface area contributed by atoms with Crippen LogP contribution in [-0.4, -0.2) is 44.9 Å². The van der Waals surface area contributed by atoms with Crippen LogP contribution in [0.25, 0.3) is 17.0 Å². The number of halogens is 1. The van der Waals surface area contributed by atoms with E-state index in [1.54, 1.807) is 30.3 Å². The lowest BCUT2D eigenvalue weighted by atomic mass is 9.95. The fraction of sp³-hybridized carbons (Fsp3) is 0.333. The third-order valence-electron chi connectivity index (χ3n) is 7.31. The summed E-state index contributed by atoms with van der Waals surface area (Å²) in [5.41, 5.74) is 3.17. The van der Waals surface area contributed by atoms with Gasteiger partial charge in [-0.25, -0.2) is 0 Å². The number of hydrogen-bond acceptors (Lipinski definition) is 5. The van der Waals surface area contributed by atoms with Crippen LogP contribution in [0.2, 0.25) is 5.02 Å². The summed E-state index contributed by atoms with van der Waals surface area (Å²) < 4.78 is 1.94. The maximum absolute atomic E-state index is 13.2. The molecule has 39 heavy (non-hydrogen) atoms. The van der Waals surface area contributed by atoms with Gasteiger partial charge in [-0.15, -0.1) is 0 Å². The summed E-state index contributed by atoms with van der Waals surface area (Å²) in [6.07, 6.45) is 9.88. The zero-order valence-corrected chi connectivity index (χ0v) is 23.3. The number of aromatic nitrogens is 1. The van der Waals surface area contributed by atoms with E-state index in [9.17, 15) is 19.2 Å². The minimum atomic E-state index is -0.505. The molecule has 1 saturated carbocycles. The zero-order valence-electron chi connectivity index (χ0n) is 21.7. The van der Waals surface area contributed by atoms with Crippen molar-refractivity contribution in [1.82, 2.24) is 14.8 Å². The molecule has 1 aromatic heterocycles. The van der Waals surface area contributed by atoms with Gasteiger partial charge in [0.15, 0.2) is 5.78 Å². The van der Waals surface area contributed by atoms with Gasteiger partial charge in [0.1, 0.15) is 6.54 Å². The third-order valence-corrected chi connectivity index (χ3v) is 8.47. The van der Waals surface area contributed by atoms with Gasteiger partial charge in [-0.3, -0.25) is 24.1 Å². The van der Waals surface area contributed by atoms with Crippen LogP contribution in [0.5, 0.6) is 0 Å². The number of carbonyl (C=O) groups is 4. The van der Waals surface area contributed by atoms with Crippen LogP contribution in [-0.2, 0) is 22.6 Å². The summed E-state index contributed by atoms with van der Waals surface area (Å²) in [5, 5.41) is 4.10. The van der Waals surface area contributed by atoms with Gasteiger partial charge in [-0.05, 0) is 66.9 Å². The van der Waals surface area contributed by atoms with Crippen molar-refractivity contribution in [3.63, 3.8) is 0 Å². The van der Waals surface area contributed by atoms with E-state index in [2.05, 4.69) is 12.2 Å². The van der Waals surface area contributed by atoms with Crippen LogP contribution >= 0.6 is 23.4 Å². The van der Waals surface area contributed by atoms with Crippen molar-refractivity contribution in [3.05, 3.63) is 75.3 Å².